The predicted octanol–water partition coefficient (Wildman–Crippen LogP) is 3.20. The molecule has 0 aliphatic carbocycles. The highest BCUT2D eigenvalue weighted by Gasteiger charge is 2.36. The number of ether oxygens (including phenoxy) is 1. The number of nitrogens with zero attached hydrogens (tertiary/aromatic N) is 2. The van der Waals surface area contributed by atoms with Crippen molar-refractivity contribution in [3.05, 3.63) is 40.4 Å². The molecule has 1 aliphatic rings. The van der Waals surface area contributed by atoms with Gasteiger partial charge in [-0.25, -0.2) is 0 Å². The first kappa shape index (κ1) is 15.9. The quantitative estimate of drug-likeness (QED) is 0.930. The molecule has 23 heavy (non-hydrogen) atoms. The molecule has 122 valence electrons. The highest BCUT2D eigenvalue weighted by molar-refractivity contribution is 7.15. The molecule has 1 aromatic carbocycles. The molecule has 0 bridgehead atoms. The minimum atomic E-state index is -4.56. The number of anilines is 1. The third kappa shape index (κ3) is 3.67. The molecule has 1 aliphatic heterocycles. The molecule has 2 heterocycles. The molecular weight excluding hydrogens is 331 g/mol. The maximum absolute atomic E-state index is 12.5. The number of amides is 1. The Labute approximate surface area is 133 Å². The molecule has 2 aromatic rings. The number of alkyl halides is 3. The van der Waals surface area contributed by atoms with Crippen molar-refractivity contribution >= 4 is 22.4 Å². The van der Waals surface area contributed by atoms with Crippen LogP contribution in [0.3, 0.4) is 0 Å². The fourth-order valence-corrected chi connectivity index (χ4v) is 3.00. The van der Waals surface area contributed by atoms with Crippen LogP contribution in [0.15, 0.2) is 24.3 Å². The molecular formula is C14H12F3N3O2S. The topological polar surface area (TPSA) is 64.1 Å². The lowest BCUT2D eigenvalue weighted by molar-refractivity contribution is -0.138. The summed E-state index contributed by atoms with van der Waals surface area (Å²) in [7, 11) is 0. The van der Waals surface area contributed by atoms with Gasteiger partial charge in [-0.2, -0.15) is 13.2 Å². The Morgan fingerprint density at radius 1 is 1.35 bits per heavy atom. The van der Waals surface area contributed by atoms with E-state index in [2.05, 4.69) is 15.5 Å². The maximum atomic E-state index is 12.5. The number of carbonyl (C=O) groups excluding carboxylic acids is 1. The third-order valence-corrected chi connectivity index (χ3v) is 4.26. The number of aromatic nitrogens is 2. The summed E-state index contributed by atoms with van der Waals surface area (Å²) in [5, 5.41) is 7.43. The average Bonchev–Trinajstić information content (AvgIpc) is 2.96. The normalized spacial score (nSPS) is 17.6. The van der Waals surface area contributed by atoms with E-state index in [1.54, 1.807) is 0 Å². The number of hydrogen-bond donors (Lipinski definition) is 1. The second-order valence-electron chi connectivity index (χ2n) is 4.97. The van der Waals surface area contributed by atoms with Gasteiger partial charge in [0.2, 0.25) is 16.0 Å². The van der Waals surface area contributed by atoms with Gasteiger partial charge in [-0.1, -0.05) is 35.6 Å². The summed E-state index contributed by atoms with van der Waals surface area (Å²) in [5.41, 5.74) is 2.05. The first-order valence-corrected chi connectivity index (χ1v) is 7.65. The molecule has 0 radical (unpaired) electrons. The summed E-state index contributed by atoms with van der Waals surface area (Å²) < 4.78 is 43.0. The molecule has 9 heteroatoms. The number of benzene rings is 1. The Hall–Kier alpha value is -2.00. The fourth-order valence-electron chi connectivity index (χ4n) is 2.37. The molecule has 0 spiro atoms. The lowest BCUT2D eigenvalue weighted by Crippen LogP contribution is -2.22. The molecule has 1 amide bonds. The summed E-state index contributed by atoms with van der Waals surface area (Å²) in [6.07, 6.45) is -4.18. The van der Waals surface area contributed by atoms with E-state index in [1.807, 2.05) is 24.3 Å². The molecule has 3 rings (SSSR count). The van der Waals surface area contributed by atoms with Gasteiger partial charge >= 0.3 is 6.18 Å². The van der Waals surface area contributed by atoms with Crippen molar-refractivity contribution in [2.45, 2.75) is 25.1 Å². The summed E-state index contributed by atoms with van der Waals surface area (Å²) in [4.78, 5) is 12.0. The standard InChI is InChI=1S/C14H12F3N3O2S/c15-14(16,17)12-19-20-13(23-12)18-11(21)7-10-9-4-2-1-3-8(9)5-6-22-10/h1-4,10H,5-7H2,(H,18,20,21)/t10-/m0/s1. The van der Waals surface area contributed by atoms with Crippen LogP contribution in [-0.2, 0) is 22.1 Å². The van der Waals surface area contributed by atoms with Gasteiger partial charge < -0.3 is 10.1 Å². The zero-order valence-corrected chi connectivity index (χ0v) is 12.6. The van der Waals surface area contributed by atoms with E-state index in [4.69, 9.17) is 4.74 Å². The van der Waals surface area contributed by atoms with Gasteiger partial charge in [-0.15, -0.1) is 10.2 Å². The van der Waals surface area contributed by atoms with Crippen molar-refractivity contribution in [2.24, 2.45) is 0 Å². The van der Waals surface area contributed by atoms with Gasteiger partial charge in [0.25, 0.3) is 0 Å². The van der Waals surface area contributed by atoms with Crippen LogP contribution < -0.4 is 5.32 Å². The Morgan fingerprint density at radius 3 is 2.87 bits per heavy atom. The molecule has 1 aromatic heterocycles. The van der Waals surface area contributed by atoms with E-state index in [1.165, 1.54) is 0 Å². The largest absolute Gasteiger partial charge is 0.445 e. The van der Waals surface area contributed by atoms with E-state index in [-0.39, 0.29) is 11.6 Å². The Morgan fingerprint density at radius 2 is 2.13 bits per heavy atom. The highest BCUT2D eigenvalue weighted by Crippen LogP contribution is 2.34. The zero-order valence-electron chi connectivity index (χ0n) is 11.8. The van der Waals surface area contributed by atoms with Crippen LogP contribution in [0.2, 0.25) is 0 Å². The first-order valence-electron chi connectivity index (χ1n) is 6.83. The summed E-state index contributed by atoms with van der Waals surface area (Å²) in [6, 6.07) is 7.64. The van der Waals surface area contributed by atoms with E-state index in [9.17, 15) is 18.0 Å². The molecule has 0 saturated heterocycles. The SMILES string of the molecule is O=C(C[C@@H]1OCCc2ccccc21)Nc1nnc(C(F)(F)F)s1. The second-order valence-corrected chi connectivity index (χ2v) is 5.95. The number of carbonyl (C=O) groups is 1. The maximum Gasteiger partial charge on any atom is 0.445 e. The Kier molecular flexibility index (Phi) is 4.31. The summed E-state index contributed by atoms with van der Waals surface area (Å²) >= 11 is 0.296. The summed E-state index contributed by atoms with van der Waals surface area (Å²) in [5.74, 6) is -0.462. The zero-order chi connectivity index (χ0) is 16.4. The van der Waals surface area contributed by atoms with Crippen LogP contribution >= 0.6 is 11.3 Å². The van der Waals surface area contributed by atoms with Crippen LogP contribution in [0.1, 0.15) is 28.7 Å². The fraction of sp³-hybridized carbons (Fsp3) is 0.357. The Balaban J connectivity index is 1.65. The molecule has 1 N–H and O–H groups in total. The van der Waals surface area contributed by atoms with Crippen molar-refractivity contribution in [1.82, 2.24) is 10.2 Å². The lowest BCUT2D eigenvalue weighted by atomic mass is 9.96. The van der Waals surface area contributed by atoms with Gasteiger partial charge in [-0.05, 0) is 17.5 Å². The van der Waals surface area contributed by atoms with Crippen LogP contribution in [0.4, 0.5) is 18.3 Å². The van der Waals surface area contributed by atoms with Crippen molar-refractivity contribution in [3.63, 3.8) is 0 Å². The van der Waals surface area contributed by atoms with Crippen LogP contribution in [0.5, 0.6) is 0 Å². The van der Waals surface area contributed by atoms with Gasteiger partial charge in [0.15, 0.2) is 0 Å². The average molecular weight is 343 g/mol. The van der Waals surface area contributed by atoms with Crippen molar-refractivity contribution in [2.75, 3.05) is 11.9 Å². The van der Waals surface area contributed by atoms with Gasteiger partial charge in [-0.3, -0.25) is 4.79 Å². The monoisotopic (exact) mass is 343 g/mol. The van der Waals surface area contributed by atoms with E-state index in [0.717, 1.165) is 17.5 Å². The van der Waals surface area contributed by atoms with Crippen LogP contribution in [-0.4, -0.2) is 22.7 Å². The minimum absolute atomic E-state index is 0.0118. The molecule has 1 atom stereocenters. The third-order valence-electron chi connectivity index (χ3n) is 3.38. The Bertz CT molecular complexity index is 717. The van der Waals surface area contributed by atoms with Crippen molar-refractivity contribution in [3.8, 4) is 0 Å². The molecule has 5 nitrogen and oxygen atoms in total. The van der Waals surface area contributed by atoms with E-state index >= 15 is 0 Å². The van der Waals surface area contributed by atoms with Crippen LogP contribution in [0, 0.1) is 0 Å². The minimum Gasteiger partial charge on any atom is -0.373 e. The van der Waals surface area contributed by atoms with Gasteiger partial charge in [0.1, 0.15) is 0 Å². The smallest absolute Gasteiger partial charge is 0.373 e. The van der Waals surface area contributed by atoms with Crippen molar-refractivity contribution < 1.29 is 22.7 Å². The summed E-state index contributed by atoms with van der Waals surface area (Å²) in [6.45, 7) is 0.506. The second kappa shape index (κ2) is 6.25. The van der Waals surface area contributed by atoms with Crippen LogP contribution in [0.25, 0.3) is 0 Å². The van der Waals surface area contributed by atoms with Gasteiger partial charge in [0, 0.05) is 0 Å². The lowest BCUT2D eigenvalue weighted by Gasteiger charge is -2.25. The molecule has 0 saturated carbocycles. The van der Waals surface area contributed by atoms with Gasteiger partial charge in [0.05, 0.1) is 19.1 Å². The first-order chi connectivity index (χ1) is 10.9. The molecule has 0 fully saturated rings. The number of nitrogens with one attached hydrogen (secondary N) is 1. The highest BCUT2D eigenvalue weighted by atomic mass is 32.1. The molecule has 0 unspecified atom stereocenters. The van der Waals surface area contributed by atoms with E-state index < -0.39 is 23.2 Å². The number of rotatable bonds is 3. The predicted molar refractivity (Wildman–Crippen MR) is 77.0 cm³/mol. The van der Waals surface area contributed by atoms with Crippen molar-refractivity contribution in [1.29, 1.82) is 0 Å². The number of fused-ring (bicyclic) bond motifs is 1. The number of hydrogen-bond acceptors (Lipinski definition) is 5. The number of halogens is 3. The van der Waals surface area contributed by atoms with E-state index in [0.29, 0.717) is 17.9 Å².